The van der Waals surface area contributed by atoms with Crippen LogP contribution < -0.4 is 5.32 Å². The van der Waals surface area contributed by atoms with Crippen molar-refractivity contribution >= 4 is 22.7 Å². The van der Waals surface area contributed by atoms with E-state index in [-0.39, 0.29) is 5.91 Å². The quantitative estimate of drug-likeness (QED) is 0.781. The van der Waals surface area contributed by atoms with E-state index in [9.17, 15) is 4.79 Å². The summed E-state index contributed by atoms with van der Waals surface area (Å²) in [5.74, 6) is 0.400. The SMILES string of the molecule is Cn1cc(CC(=O)Nc2ccco2)c2ccccc21. The molecule has 0 saturated carbocycles. The average Bonchev–Trinajstić information content (AvgIpc) is 3.00. The van der Waals surface area contributed by atoms with E-state index < -0.39 is 0 Å². The van der Waals surface area contributed by atoms with E-state index in [4.69, 9.17) is 4.42 Å². The van der Waals surface area contributed by atoms with Gasteiger partial charge in [0.1, 0.15) is 0 Å². The fourth-order valence-corrected chi connectivity index (χ4v) is 2.27. The van der Waals surface area contributed by atoms with Crippen molar-refractivity contribution in [2.75, 3.05) is 5.32 Å². The highest BCUT2D eigenvalue weighted by Crippen LogP contribution is 2.21. The van der Waals surface area contributed by atoms with Crippen molar-refractivity contribution in [3.63, 3.8) is 0 Å². The Kier molecular flexibility index (Phi) is 2.83. The topological polar surface area (TPSA) is 47.2 Å². The molecule has 0 saturated heterocycles. The van der Waals surface area contributed by atoms with Gasteiger partial charge in [0.15, 0.2) is 5.88 Å². The van der Waals surface area contributed by atoms with Gasteiger partial charge in [0.25, 0.3) is 0 Å². The Labute approximate surface area is 110 Å². The van der Waals surface area contributed by atoms with Crippen molar-refractivity contribution in [3.8, 4) is 0 Å². The molecule has 2 heterocycles. The maximum absolute atomic E-state index is 12.0. The summed E-state index contributed by atoms with van der Waals surface area (Å²) >= 11 is 0. The maximum atomic E-state index is 12.0. The van der Waals surface area contributed by atoms with Crippen molar-refractivity contribution < 1.29 is 9.21 Å². The summed E-state index contributed by atoms with van der Waals surface area (Å²) in [4.78, 5) is 12.0. The third kappa shape index (κ3) is 2.25. The number of carbonyl (C=O) groups is 1. The Balaban J connectivity index is 1.83. The number of rotatable bonds is 3. The number of fused-ring (bicyclic) bond motifs is 1. The molecule has 1 amide bonds. The van der Waals surface area contributed by atoms with E-state index in [1.165, 1.54) is 6.26 Å². The first-order chi connectivity index (χ1) is 9.24. The standard InChI is InChI=1S/C15H14N2O2/c1-17-10-11(12-5-2-3-6-13(12)17)9-14(18)16-15-7-4-8-19-15/h2-8,10H,9H2,1H3,(H,16,18). The Morgan fingerprint density at radius 2 is 2.11 bits per heavy atom. The highest BCUT2D eigenvalue weighted by Gasteiger charge is 2.11. The predicted octanol–water partition coefficient (Wildman–Crippen LogP) is 2.95. The smallest absolute Gasteiger partial charge is 0.231 e. The molecule has 0 fully saturated rings. The largest absolute Gasteiger partial charge is 0.449 e. The fourth-order valence-electron chi connectivity index (χ4n) is 2.27. The second kappa shape index (κ2) is 4.65. The molecule has 0 spiro atoms. The lowest BCUT2D eigenvalue weighted by Crippen LogP contribution is -2.13. The van der Waals surface area contributed by atoms with Crippen LogP contribution in [0.4, 0.5) is 5.88 Å². The maximum Gasteiger partial charge on any atom is 0.231 e. The van der Waals surface area contributed by atoms with Crippen molar-refractivity contribution in [1.82, 2.24) is 4.57 Å². The van der Waals surface area contributed by atoms with Gasteiger partial charge in [0, 0.05) is 30.2 Å². The summed E-state index contributed by atoms with van der Waals surface area (Å²) in [5, 5.41) is 3.84. The molecule has 0 radical (unpaired) electrons. The van der Waals surface area contributed by atoms with E-state index in [0.29, 0.717) is 12.3 Å². The minimum absolute atomic E-state index is 0.0775. The summed E-state index contributed by atoms with van der Waals surface area (Å²) < 4.78 is 7.13. The number of amides is 1. The predicted molar refractivity (Wildman–Crippen MR) is 74.0 cm³/mol. The van der Waals surface area contributed by atoms with Gasteiger partial charge in [-0.05, 0) is 17.7 Å². The van der Waals surface area contributed by atoms with E-state index in [2.05, 4.69) is 5.32 Å². The molecule has 3 rings (SSSR count). The molecule has 1 aromatic carbocycles. The molecule has 4 nitrogen and oxygen atoms in total. The number of nitrogens with zero attached hydrogens (tertiary/aromatic N) is 1. The van der Waals surface area contributed by atoms with Crippen LogP contribution >= 0.6 is 0 Å². The van der Waals surface area contributed by atoms with E-state index in [1.807, 2.05) is 42.1 Å². The number of benzene rings is 1. The van der Waals surface area contributed by atoms with Crippen molar-refractivity contribution in [3.05, 3.63) is 54.4 Å². The number of hydrogen-bond donors (Lipinski definition) is 1. The minimum atomic E-state index is -0.0775. The lowest BCUT2D eigenvalue weighted by molar-refractivity contribution is -0.115. The molecule has 1 N–H and O–H groups in total. The second-order valence-electron chi connectivity index (χ2n) is 4.48. The van der Waals surface area contributed by atoms with Crippen LogP contribution in [0.1, 0.15) is 5.56 Å². The zero-order valence-electron chi connectivity index (χ0n) is 10.6. The van der Waals surface area contributed by atoms with E-state index in [0.717, 1.165) is 16.5 Å². The number of hydrogen-bond acceptors (Lipinski definition) is 2. The molecular formula is C15H14N2O2. The summed E-state index contributed by atoms with van der Waals surface area (Å²) in [6.07, 6.45) is 3.86. The lowest BCUT2D eigenvalue weighted by atomic mass is 10.1. The Morgan fingerprint density at radius 3 is 2.89 bits per heavy atom. The molecule has 3 aromatic rings. The molecule has 19 heavy (non-hydrogen) atoms. The second-order valence-corrected chi connectivity index (χ2v) is 4.48. The number of carbonyl (C=O) groups excluding carboxylic acids is 1. The lowest BCUT2D eigenvalue weighted by Gasteiger charge is -2.00. The van der Waals surface area contributed by atoms with Crippen LogP contribution in [0.25, 0.3) is 10.9 Å². The third-order valence-electron chi connectivity index (χ3n) is 3.11. The molecule has 0 aliphatic heterocycles. The normalized spacial score (nSPS) is 10.8. The average molecular weight is 254 g/mol. The molecule has 0 bridgehead atoms. The molecule has 4 heteroatoms. The van der Waals surface area contributed by atoms with Crippen LogP contribution in [-0.4, -0.2) is 10.5 Å². The Hall–Kier alpha value is -2.49. The van der Waals surface area contributed by atoms with E-state index in [1.54, 1.807) is 12.1 Å². The van der Waals surface area contributed by atoms with Gasteiger partial charge in [-0.1, -0.05) is 18.2 Å². The zero-order chi connectivity index (χ0) is 13.2. The first-order valence-corrected chi connectivity index (χ1v) is 6.10. The molecule has 96 valence electrons. The minimum Gasteiger partial charge on any atom is -0.449 e. The number of para-hydroxylation sites is 1. The van der Waals surface area contributed by atoms with E-state index >= 15 is 0 Å². The first-order valence-electron chi connectivity index (χ1n) is 6.10. The number of aromatic nitrogens is 1. The molecule has 2 aromatic heterocycles. The summed E-state index contributed by atoms with van der Waals surface area (Å²) in [6.45, 7) is 0. The summed E-state index contributed by atoms with van der Waals surface area (Å²) in [7, 11) is 1.98. The van der Waals surface area contributed by atoms with Gasteiger partial charge in [-0.25, -0.2) is 0 Å². The van der Waals surface area contributed by atoms with Gasteiger partial charge >= 0.3 is 0 Å². The van der Waals surface area contributed by atoms with Crippen LogP contribution in [0, 0.1) is 0 Å². The van der Waals surface area contributed by atoms with Gasteiger partial charge in [-0.15, -0.1) is 0 Å². The molecule has 0 aliphatic rings. The number of furan rings is 1. The number of anilines is 1. The van der Waals surface area contributed by atoms with Gasteiger partial charge in [0.2, 0.25) is 5.91 Å². The molecule has 0 unspecified atom stereocenters. The summed E-state index contributed by atoms with van der Waals surface area (Å²) in [6, 6.07) is 11.5. The monoisotopic (exact) mass is 254 g/mol. The highest BCUT2D eigenvalue weighted by molar-refractivity contribution is 5.95. The van der Waals surface area contributed by atoms with Crippen molar-refractivity contribution in [1.29, 1.82) is 0 Å². The van der Waals surface area contributed by atoms with Gasteiger partial charge in [-0.2, -0.15) is 0 Å². The van der Waals surface area contributed by atoms with Crippen LogP contribution in [0.3, 0.4) is 0 Å². The molecule has 0 atom stereocenters. The summed E-state index contributed by atoms with van der Waals surface area (Å²) in [5.41, 5.74) is 2.14. The number of nitrogens with one attached hydrogen (secondary N) is 1. The van der Waals surface area contributed by atoms with Crippen LogP contribution in [0.5, 0.6) is 0 Å². The third-order valence-corrected chi connectivity index (χ3v) is 3.11. The Morgan fingerprint density at radius 1 is 1.26 bits per heavy atom. The van der Waals surface area contributed by atoms with Gasteiger partial charge in [-0.3, -0.25) is 10.1 Å². The van der Waals surface area contributed by atoms with Crippen LogP contribution in [0.15, 0.2) is 53.3 Å². The molecular weight excluding hydrogens is 240 g/mol. The zero-order valence-corrected chi connectivity index (χ0v) is 10.6. The van der Waals surface area contributed by atoms with Crippen molar-refractivity contribution in [2.24, 2.45) is 7.05 Å². The van der Waals surface area contributed by atoms with Crippen molar-refractivity contribution in [2.45, 2.75) is 6.42 Å². The Bertz CT molecular complexity index is 711. The fraction of sp³-hybridized carbons (Fsp3) is 0.133. The number of aryl methyl sites for hydroxylation is 1. The van der Waals surface area contributed by atoms with Crippen LogP contribution in [-0.2, 0) is 18.3 Å². The first kappa shape index (κ1) is 11.6. The van der Waals surface area contributed by atoms with Crippen LogP contribution in [0.2, 0.25) is 0 Å². The molecule has 0 aliphatic carbocycles. The van der Waals surface area contributed by atoms with Gasteiger partial charge < -0.3 is 8.98 Å². The highest BCUT2D eigenvalue weighted by atomic mass is 16.3. The van der Waals surface area contributed by atoms with Gasteiger partial charge in [0.05, 0.1) is 12.7 Å².